The van der Waals surface area contributed by atoms with Gasteiger partial charge >= 0.3 is 0 Å². The Labute approximate surface area is 286 Å². The monoisotopic (exact) mass is 694 g/mol. The summed E-state index contributed by atoms with van der Waals surface area (Å²) in [6, 6.07) is 33.7. The number of rotatable bonds is 4. The summed E-state index contributed by atoms with van der Waals surface area (Å²) in [6.07, 6.45) is 1.44. The molecule has 2 N–H and O–H groups in total. The fourth-order valence-corrected chi connectivity index (χ4v) is 5.24. The Morgan fingerprint density at radius 2 is 1.24 bits per heavy atom. The number of nitrogens with zero attached hydrogens (tertiary/aromatic N) is 6. The number of benzene rings is 5. The molecular formula is C35H24Cl2N6O2Zn. The SMILES string of the molecule is Cc1cccc(N=Nc2c(O)ccc3ccccc23)n1.Oc1c(N=Nc2ncc(Cl)cc2Cl)c2ccccc2c2ccccc12.[Zn]. The van der Waals surface area contributed by atoms with Crippen molar-refractivity contribution in [3.05, 3.63) is 131 Å². The zero-order chi connectivity index (χ0) is 31.3. The fourth-order valence-electron chi connectivity index (χ4n) is 4.82. The van der Waals surface area contributed by atoms with Crippen LogP contribution in [-0.2, 0) is 19.5 Å². The van der Waals surface area contributed by atoms with E-state index in [0.717, 1.165) is 32.6 Å². The molecule has 2 aromatic heterocycles. The van der Waals surface area contributed by atoms with Gasteiger partial charge in [0.1, 0.15) is 17.1 Å². The molecule has 0 radical (unpaired) electrons. The second-order valence-electron chi connectivity index (χ2n) is 9.94. The van der Waals surface area contributed by atoms with Gasteiger partial charge in [-0.05, 0) is 47.3 Å². The van der Waals surface area contributed by atoms with Crippen molar-refractivity contribution in [2.75, 3.05) is 0 Å². The third-order valence-corrected chi connectivity index (χ3v) is 7.40. The van der Waals surface area contributed by atoms with Gasteiger partial charge in [0.25, 0.3) is 0 Å². The zero-order valence-corrected chi connectivity index (χ0v) is 29.0. The molecule has 0 atom stereocenters. The number of aryl methyl sites for hydroxylation is 1. The summed E-state index contributed by atoms with van der Waals surface area (Å²) in [4.78, 5) is 8.31. The summed E-state index contributed by atoms with van der Waals surface area (Å²) < 4.78 is 0. The molecule has 0 unspecified atom stereocenters. The summed E-state index contributed by atoms with van der Waals surface area (Å²) in [5, 5.41) is 43.3. The summed E-state index contributed by atoms with van der Waals surface area (Å²) in [7, 11) is 0. The van der Waals surface area contributed by atoms with Gasteiger partial charge in [-0.25, -0.2) is 9.97 Å². The van der Waals surface area contributed by atoms with E-state index in [-0.39, 0.29) is 36.8 Å². The van der Waals surface area contributed by atoms with E-state index < -0.39 is 0 Å². The number of pyridine rings is 2. The number of hydrogen-bond donors (Lipinski definition) is 2. The number of aromatic nitrogens is 2. The van der Waals surface area contributed by atoms with Crippen LogP contribution >= 0.6 is 23.2 Å². The van der Waals surface area contributed by atoms with Crippen molar-refractivity contribution in [2.24, 2.45) is 20.5 Å². The molecule has 0 saturated heterocycles. The van der Waals surface area contributed by atoms with Gasteiger partial charge in [-0.2, -0.15) is 0 Å². The first-order valence-corrected chi connectivity index (χ1v) is 14.6. The molecule has 0 saturated carbocycles. The normalized spacial score (nSPS) is 11.2. The molecule has 2 heterocycles. The minimum atomic E-state index is 0. The standard InChI is InChI=1S/C19H11Cl2N3O.C16H13N3O.Zn/c20-11-9-16(21)19(22-10-11)24-23-17-14-7-3-1-5-12(14)13-6-2-4-8-15(13)18(17)25;1-11-5-4-8-15(17-11)18-19-16-13-7-3-2-6-12(13)9-10-14(16)20;/h1-10,25H;2-10,20H,1H3;. The maximum absolute atomic E-state index is 10.7. The maximum atomic E-state index is 10.7. The molecule has 0 spiro atoms. The molecule has 0 fully saturated rings. The minimum absolute atomic E-state index is 0. The molecule has 46 heavy (non-hydrogen) atoms. The number of phenolic OH excluding ortho intramolecular Hbond substituents is 2. The molecular weight excluding hydrogens is 673 g/mol. The van der Waals surface area contributed by atoms with Crippen LogP contribution in [0.15, 0.2) is 136 Å². The fraction of sp³-hybridized carbons (Fsp3) is 0.0286. The number of halogens is 2. The average molecular weight is 697 g/mol. The van der Waals surface area contributed by atoms with Crippen molar-refractivity contribution < 1.29 is 29.7 Å². The van der Waals surface area contributed by atoms with Crippen LogP contribution in [-0.4, -0.2) is 20.2 Å². The van der Waals surface area contributed by atoms with E-state index in [9.17, 15) is 10.2 Å². The molecule has 0 aliphatic rings. The summed E-state index contributed by atoms with van der Waals surface area (Å²) in [6.45, 7) is 1.90. The first-order valence-electron chi connectivity index (χ1n) is 13.8. The molecule has 0 aliphatic heterocycles. The van der Waals surface area contributed by atoms with Crippen molar-refractivity contribution in [3.8, 4) is 11.5 Å². The van der Waals surface area contributed by atoms with Crippen LogP contribution in [0.2, 0.25) is 10.0 Å². The summed E-state index contributed by atoms with van der Waals surface area (Å²) in [5.74, 6) is 0.947. The van der Waals surface area contributed by atoms with Crippen LogP contribution in [0, 0.1) is 6.92 Å². The Balaban J connectivity index is 0.000000182. The Morgan fingerprint density at radius 1 is 0.609 bits per heavy atom. The summed E-state index contributed by atoms with van der Waals surface area (Å²) in [5.41, 5.74) is 1.72. The smallest absolute Gasteiger partial charge is 0.193 e. The molecule has 7 aromatic rings. The van der Waals surface area contributed by atoms with E-state index in [2.05, 4.69) is 30.4 Å². The summed E-state index contributed by atoms with van der Waals surface area (Å²) >= 11 is 11.9. The second-order valence-corrected chi connectivity index (χ2v) is 10.8. The predicted molar refractivity (Wildman–Crippen MR) is 180 cm³/mol. The van der Waals surface area contributed by atoms with Crippen LogP contribution in [0.25, 0.3) is 32.3 Å². The molecule has 222 valence electrons. The number of aromatic hydroxyl groups is 2. The molecule has 0 aliphatic carbocycles. The van der Waals surface area contributed by atoms with Crippen LogP contribution in [0.5, 0.6) is 11.5 Å². The van der Waals surface area contributed by atoms with E-state index in [4.69, 9.17) is 23.2 Å². The Hall–Kier alpha value is -4.82. The topological polar surface area (TPSA) is 116 Å². The van der Waals surface area contributed by atoms with E-state index in [1.165, 1.54) is 6.20 Å². The zero-order valence-electron chi connectivity index (χ0n) is 24.5. The van der Waals surface area contributed by atoms with Crippen LogP contribution in [0.3, 0.4) is 0 Å². The Kier molecular flexibility index (Phi) is 10.3. The van der Waals surface area contributed by atoms with E-state index in [0.29, 0.717) is 32.6 Å². The van der Waals surface area contributed by atoms with Crippen LogP contribution < -0.4 is 0 Å². The first kappa shape index (κ1) is 32.6. The van der Waals surface area contributed by atoms with E-state index in [1.807, 2.05) is 97.9 Å². The van der Waals surface area contributed by atoms with Crippen molar-refractivity contribution in [2.45, 2.75) is 6.92 Å². The molecule has 11 heteroatoms. The number of hydrogen-bond acceptors (Lipinski definition) is 8. The second kappa shape index (κ2) is 14.5. The van der Waals surface area contributed by atoms with Gasteiger partial charge in [0.2, 0.25) is 0 Å². The van der Waals surface area contributed by atoms with Gasteiger partial charge in [0.05, 0.1) is 10.0 Å². The molecule has 7 rings (SSSR count). The first-order chi connectivity index (χ1) is 21.9. The number of fused-ring (bicyclic) bond motifs is 4. The van der Waals surface area contributed by atoms with E-state index in [1.54, 1.807) is 18.2 Å². The maximum Gasteiger partial charge on any atom is 0.193 e. The third kappa shape index (κ3) is 7.02. The van der Waals surface area contributed by atoms with Crippen molar-refractivity contribution in [3.63, 3.8) is 0 Å². The average Bonchev–Trinajstić information content (AvgIpc) is 3.05. The van der Waals surface area contributed by atoms with Gasteiger partial charge < -0.3 is 10.2 Å². The molecule has 0 bridgehead atoms. The largest absolute Gasteiger partial charge is 0.506 e. The number of phenols is 2. The minimum Gasteiger partial charge on any atom is -0.506 e. The van der Waals surface area contributed by atoms with Gasteiger partial charge in [-0.15, -0.1) is 20.5 Å². The predicted octanol–water partition coefficient (Wildman–Crippen LogP) is 11.5. The molecule has 5 aromatic carbocycles. The number of azo groups is 2. The molecule has 8 nitrogen and oxygen atoms in total. The van der Waals surface area contributed by atoms with Gasteiger partial charge in [0, 0.05) is 47.5 Å². The van der Waals surface area contributed by atoms with Crippen molar-refractivity contribution >= 4 is 78.5 Å². The van der Waals surface area contributed by atoms with Crippen molar-refractivity contribution in [1.82, 2.24) is 9.97 Å². The van der Waals surface area contributed by atoms with Crippen LogP contribution in [0.4, 0.5) is 23.0 Å². The Morgan fingerprint density at radius 3 is 1.96 bits per heavy atom. The van der Waals surface area contributed by atoms with Gasteiger partial charge in [-0.1, -0.05) is 108 Å². The van der Waals surface area contributed by atoms with Crippen molar-refractivity contribution in [1.29, 1.82) is 0 Å². The van der Waals surface area contributed by atoms with Crippen LogP contribution in [0.1, 0.15) is 5.69 Å². The third-order valence-electron chi connectivity index (χ3n) is 6.92. The van der Waals surface area contributed by atoms with Gasteiger partial charge in [0.15, 0.2) is 17.4 Å². The van der Waals surface area contributed by atoms with Gasteiger partial charge in [-0.3, -0.25) is 0 Å². The Bertz CT molecular complexity index is 2260. The molecule has 0 amide bonds. The quantitative estimate of drug-likeness (QED) is 0.108. The van der Waals surface area contributed by atoms with E-state index >= 15 is 0 Å².